The van der Waals surface area contributed by atoms with Crippen molar-refractivity contribution in [2.75, 3.05) is 20.1 Å². The molecule has 0 amide bonds. The molecule has 1 N–H and O–H groups in total. The van der Waals surface area contributed by atoms with Crippen molar-refractivity contribution in [1.82, 2.24) is 10.2 Å². The Hall–Kier alpha value is -0.0600. The fourth-order valence-corrected chi connectivity index (χ4v) is 2.73. The third-order valence-electron chi connectivity index (χ3n) is 3.47. The molecule has 0 bridgehead atoms. The lowest BCUT2D eigenvalue weighted by Gasteiger charge is -2.31. The average Bonchev–Trinajstić information content (AvgIpc) is 2.40. The van der Waals surface area contributed by atoms with E-state index in [0.717, 1.165) is 31.5 Å². The molecule has 0 aromatic heterocycles. The van der Waals surface area contributed by atoms with Crippen LogP contribution >= 0.6 is 35.6 Å². The van der Waals surface area contributed by atoms with Gasteiger partial charge in [-0.2, -0.15) is 0 Å². The van der Waals surface area contributed by atoms with E-state index in [1.807, 2.05) is 0 Å². The minimum absolute atomic E-state index is 0. The van der Waals surface area contributed by atoms with Crippen LogP contribution in [0, 0.1) is 5.82 Å². The Bertz CT molecular complexity index is 423. The van der Waals surface area contributed by atoms with Crippen molar-refractivity contribution in [1.29, 1.82) is 0 Å². The van der Waals surface area contributed by atoms with Crippen molar-refractivity contribution in [2.24, 2.45) is 0 Å². The van der Waals surface area contributed by atoms with Crippen molar-refractivity contribution < 1.29 is 4.39 Å². The molecule has 19 heavy (non-hydrogen) atoms. The highest BCUT2D eigenvalue weighted by molar-refractivity contribution is 6.42. The molecule has 1 fully saturated rings. The minimum atomic E-state index is -0.463. The fraction of sp³-hybridized carbons (Fsp3) is 0.538. The van der Waals surface area contributed by atoms with Crippen LogP contribution in [0.4, 0.5) is 4.39 Å². The van der Waals surface area contributed by atoms with Gasteiger partial charge in [0.2, 0.25) is 0 Å². The van der Waals surface area contributed by atoms with Crippen LogP contribution in [0.3, 0.4) is 0 Å². The Kier molecular flexibility index (Phi) is 6.84. The Balaban J connectivity index is 0.00000180. The number of hydrogen-bond donors (Lipinski definition) is 1. The topological polar surface area (TPSA) is 15.3 Å². The van der Waals surface area contributed by atoms with Crippen LogP contribution in [-0.2, 0) is 6.54 Å². The van der Waals surface area contributed by atoms with Gasteiger partial charge in [0.15, 0.2) is 0 Å². The number of benzene rings is 1. The van der Waals surface area contributed by atoms with E-state index < -0.39 is 5.82 Å². The molecule has 0 radical (unpaired) electrons. The molecular formula is C13H18Cl3FN2. The number of piperidine rings is 1. The number of nitrogens with zero attached hydrogens (tertiary/aromatic N) is 1. The molecule has 1 heterocycles. The SMILES string of the molecule is CN(Cc1ccc(F)c(Cl)c1Cl)C1CCNCC1.Cl. The molecule has 1 aromatic rings. The van der Waals surface area contributed by atoms with Crippen LogP contribution in [0.25, 0.3) is 0 Å². The molecule has 0 atom stereocenters. The molecule has 1 aliphatic heterocycles. The Labute approximate surface area is 129 Å². The molecule has 1 saturated heterocycles. The van der Waals surface area contributed by atoms with Gasteiger partial charge < -0.3 is 5.32 Å². The molecule has 108 valence electrons. The zero-order valence-corrected chi connectivity index (χ0v) is 13.1. The van der Waals surface area contributed by atoms with Crippen molar-refractivity contribution in [3.05, 3.63) is 33.6 Å². The van der Waals surface area contributed by atoms with Crippen LogP contribution in [0.5, 0.6) is 0 Å². The van der Waals surface area contributed by atoms with E-state index in [2.05, 4.69) is 17.3 Å². The van der Waals surface area contributed by atoms with E-state index in [4.69, 9.17) is 23.2 Å². The first kappa shape index (κ1) is 17.0. The van der Waals surface area contributed by atoms with Crippen molar-refractivity contribution in [2.45, 2.75) is 25.4 Å². The maximum atomic E-state index is 13.2. The van der Waals surface area contributed by atoms with Crippen LogP contribution in [-0.4, -0.2) is 31.1 Å². The van der Waals surface area contributed by atoms with Gasteiger partial charge in [-0.15, -0.1) is 12.4 Å². The average molecular weight is 328 g/mol. The Morgan fingerprint density at radius 3 is 2.53 bits per heavy atom. The summed E-state index contributed by atoms with van der Waals surface area (Å²) in [7, 11) is 2.07. The van der Waals surface area contributed by atoms with E-state index in [-0.39, 0.29) is 17.4 Å². The zero-order valence-electron chi connectivity index (χ0n) is 10.8. The van der Waals surface area contributed by atoms with E-state index >= 15 is 0 Å². The van der Waals surface area contributed by atoms with Gasteiger partial charge in [-0.3, -0.25) is 4.90 Å². The second-order valence-electron chi connectivity index (χ2n) is 4.73. The summed E-state index contributed by atoms with van der Waals surface area (Å²) in [5.74, 6) is -0.463. The highest BCUT2D eigenvalue weighted by Gasteiger charge is 2.19. The molecule has 0 spiro atoms. The van der Waals surface area contributed by atoms with Crippen LogP contribution in [0.1, 0.15) is 18.4 Å². The van der Waals surface area contributed by atoms with E-state index in [1.165, 1.54) is 6.07 Å². The molecular weight excluding hydrogens is 310 g/mol. The fourth-order valence-electron chi connectivity index (χ4n) is 2.33. The Morgan fingerprint density at radius 2 is 1.89 bits per heavy atom. The summed E-state index contributed by atoms with van der Waals surface area (Å²) in [6.45, 7) is 2.79. The maximum absolute atomic E-state index is 13.2. The summed E-state index contributed by atoms with van der Waals surface area (Å²) < 4.78 is 13.2. The third kappa shape index (κ3) is 4.20. The van der Waals surface area contributed by atoms with Gasteiger partial charge in [-0.1, -0.05) is 29.3 Å². The van der Waals surface area contributed by atoms with E-state index in [0.29, 0.717) is 17.6 Å². The first-order chi connectivity index (χ1) is 8.59. The van der Waals surface area contributed by atoms with Gasteiger partial charge in [0, 0.05) is 12.6 Å². The van der Waals surface area contributed by atoms with Crippen molar-refractivity contribution >= 4 is 35.6 Å². The van der Waals surface area contributed by atoms with Gasteiger partial charge in [-0.25, -0.2) is 4.39 Å². The maximum Gasteiger partial charge on any atom is 0.143 e. The van der Waals surface area contributed by atoms with Crippen molar-refractivity contribution in [3.63, 3.8) is 0 Å². The van der Waals surface area contributed by atoms with Crippen LogP contribution in [0.15, 0.2) is 12.1 Å². The lowest BCUT2D eigenvalue weighted by atomic mass is 10.0. The zero-order chi connectivity index (χ0) is 13.1. The standard InChI is InChI=1S/C13H17Cl2FN2.ClH/c1-18(10-4-6-17-7-5-10)8-9-2-3-11(16)13(15)12(9)14;/h2-3,10,17H,4-8H2,1H3;1H. The Morgan fingerprint density at radius 1 is 1.26 bits per heavy atom. The summed E-state index contributed by atoms with van der Waals surface area (Å²) in [5.41, 5.74) is 0.879. The van der Waals surface area contributed by atoms with Gasteiger partial charge in [-0.05, 0) is 44.6 Å². The normalized spacial score (nSPS) is 16.5. The summed E-state index contributed by atoms with van der Waals surface area (Å²) in [6.07, 6.45) is 2.26. The summed E-state index contributed by atoms with van der Waals surface area (Å²) >= 11 is 11.9. The highest BCUT2D eigenvalue weighted by Crippen LogP contribution is 2.29. The largest absolute Gasteiger partial charge is 0.317 e. The van der Waals surface area contributed by atoms with E-state index in [9.17, 15) is 4.39 Å². The van der Waals surface area contributed by atoms with Crippen LogP contribution in [0.2, 0.25) is 10.0 Å². The quantitative estimate of drug-likeness (QED) is 0.851. The number of nitrogens with one attached hydrogen (secondary N) is 1. The van der Waals surface area contributed by atoms with Crippen LogP contribution < -0.4 is 5.32 Å². The predicted molar refractivity (Wildman–Crippen MR) is 81.0 cm³/mol. The van der Waals surface area contributed by atoms with Gasteiger partial charge in [0.25, 0.3) is 0 Å². The first-order valence-corrected chi connectivity index (χ1v) is 6.88. The number of hydrogen-bond acceptors (Lipinski definition) is 2. The molecule has 0 aliphatic carbocycles. The predicted octanol–water partition coefficient (Wildman–Crippen LogP) is 3.74. The van der Waals surface area contributed by atoms with Gasteiger partial charge >= 0.3 is 0 Å². The second-order valence-corrected chi connectivity index (χ2v) is 5.49. The molecule has 0 saturated carbocycles. The molecule has 2 nitrogen and oxygen atoms in total. The monoisotopic (exact) mass is 326 g/mol. The molecule has 1 aliphatic rings. The van der Waals surface area contributed by atoms with Crippen molar-refractivity contribution in [3.8, 4) is 0 Å². The summed E-state index contributed by atoms with van der Waals surface area (Å²) in [5, 5.41) is 3.69. The first-order valence-electron chi connectivity index (χ1n) is 6.13. The summed E-state index contributed by atoms with van der Waals surface area (Å²) in [6, 6.07) is 3.63. The third-order valence-corrected chi connectivity index (χ3v) is 4.36. The van der Waals surface area contributed by atoms with Gasteiger partial charge in [0.1, 0.15) is 5.82 Å². The lowest BCUT2D eigenvalue weighted by Crippen LogP contribution is -2.40. The molecule has 6 heteroatoms. The van der Waals surface area contributed by atoms with Gasteiger partial charge in [0.05, 0.1) is 10.0 Å². The number of rotatable bonds is 3. The van der Waals surface area contributed by atoms with E-state index in [1.54, 1.807) is 6.07 Å². The molecule has 2 rings (SSSR count). The number of halogens is 4. The smallest absolute Gasteiger partial charge is 0.143 e. The molecule has 1 aromatic carbocycles. The lowest BCUT2D eigenvalue weighted by molar-refractivity contribution is 0.192. The highest BCUT2D eigenvalue weighted by atomic mass is 35.5. The second kappa shape index (κ2) is 7.65. The minimum Gasteiger partial charge on any atom is -0.317 e. The summed E-state index contributed by atoms with van der Waals surface area (Å²) in [4.78, 5) is 2.26. The molecule has 0 unspecified atom stereocenters.